The predicted molar refractivity (Wildman–Crippen MR) is 89.3 cm³/mol. The van der Waals surface area contributed by atoms with Gasteiger partial charge in [0.05, 0.1) is 11.0 Å². The molecular weight excluding hydrogens is 272 g/mol. The lowest BCUT2D eigenvalue weighted by atomic mass is 9.98. The lowest BCUT2D eigenvalue weighted by molar-refractivity contribution is 0.538. The summed E-state index contributed by atoms with van der Waals surface area (Å²) in [6.45, 7) is 0.791. The minimum Gasteiger partial charge on any atom is -0.295 e. The molecule has 3 aromatic rings. The highest BCUT2D eigenvalue weighted by Crippen LogP contribution is 2.35. The standard InChI is InChI=1S/C19H20N2O/c1-20-17-8-4-5-9-18(17)21(19(20)22)13-12-15-11-10-14-6-2-3-7-16(14)15/h2-9,15H,10-13H2,1H3. The number of aromatic nitrogens is 2. The first kappa shape index (κ1) is 13.4. The molecule has 1 heterocycles. The second-order valence-electron chi connectivity index (χ2n) is 6.21. The van der Waals surface area contributed by atoms with Gasteiger partial charge in [0.15, 0.2) is 0 Å². The molecule has 1 aromatic heterocycles. The van der Waals surface area contributed by atoms with Crippen molar-refractivity contribution in [3.05, 3.63) is 70.1 Å². The number of hydrogen-bond acceptors (Lipinski definition) is 1. The van der Waals surface area contributed by atoms with Gasteiger partial charge >= 0.3 is 5.69 Å². The van der Waals surface area contributed by atoms with E-state index in [1.807, 2.05) is 35.9 Å². The summed E-state index contributed by atoms with van der Waals surface area (Å²) in [5.74, 6) is 0.585. The number of nitrogens with zero attached hydrogens (tertiary/aromatic N) is 2. The van der Waals surface area contributed by atoms with Crippen LogP contribution in [0.5, 0.6) is 0 Å². The molecule has 0 saturated carbocycles. The van der Waals surface area contributed by atoms with Gasteiger partial charge in [-0.1, -0.05) is 36.4 Å². The Morgan fingerprint density at radius 3 is 2.64 bits per heavy atom. The molecule has 3 nitrogen and oxygen atoms in total. The van der Waals surface area contributed by atoms with E-state index in [1.165, 1.54) is 24.0 Å². The van der Waals surface area contributed by atoms with Crippen LogP contribution in [-0.2, 0) is 20.0 Å². The van der Waals surface area contributed by atoms with E-state index in [4.69, 9.17) is 0 Å². The van der Waals surface area contributed by atoms with E-state index in [0.29, 0.717) is 5.92 Å². The third-order valence-electron chi connectivity index (χ3n) is 5.01. The third-order valence-corrected chi connectivity index (χ3v) is 5.01. The Labute approximate surface area is 129 Å². The number of hydrogen-bond donors (Lipinski definition) is 0. The van der Waals surface area contributed by atoms with Crippen LogP contribution in [0.2, 0.25) is 0 Å². The van der Waals surface area contributed by atoms with Gasteiger partial charge in [0.2, 0.25) is 0 Å². The molecule has 1 unspecified atom stereocenters. The summed E-state index contributed by atoms with van der Waals surface area (Å²) in [7, 11) is 1.85. The molecule has 3 heteroatoms. The van der Waals surface area contributed by atoms with Crippen LogP contribution >= 0.6 is 0 Å². The van der Waals surface area contributed by atoms with Gasteiger partial charge < -0.3 is 0 Å². The van der Waals surface area contributed by atoms with Gasteiger partial charge in [0.1, 0.15) is 0 Å². The summed E-state index contributed by atoms with van der Waals surface area (Å²) in [6, 6.07) is 16.8. The summed E-state index contributed by atoms with van der Waals surface area (Å²) >= 11 is 0. The van der Waals surface area contributed by atoms with Gasteiger partial charge in [-0.05, 0) is 48.4 Å². The van der Waals surface area contributed by atoms with Crippen LogP contribution in [0.1, 0.15) is 29.9 Å². The molecule has 0 N–H and O–H groups in total. The molecule has 0 spiro atoms. The van der Waals surface area contributed by atoms with Crippen molar-refractivity contribution in [2.24, 2.45) is 7.05 Å². The largest absolute Gasteiger partial charge is 0.328 e. The molecule has 0 fully saturated rings. The smallest absolute Gasteiger partial charge is 0.295 e. The molecule has 4 rings (SSSR count). The zero-order chi connectivity index (χ0) is 15.1. The molecule has 0 amide bonds. The minimum atomic E-state index is 0.0903. The van der Waals surface area contributed by atoms with Crippen molar-refractivity contribution in [2.75, 3.05) is 0 Å². The van der Waals surface area contributed by atoms with Gasteiger partial charge in [-0.2, -0.15) is 0 Å². The number of rotatable bonds is 3. The van der Waals surface area contributed by atoms with Crippen LogP contribution in [0.25, 0.3) is 11.0 Å². The Morgan fingerprint density at radius 1 is 1.05 bits per heavy atom. The number of aryl methyl sites for hydroxylation is 3. The minimum absolute atomic E-state index is 0.0903. The average Bonchev–Trinajstić information content (AvgIpc) is 3.07. The maximum atomic E-state index is 12.5. The molecular formula is C19H20N2O. The normalized spacial score (nSPS) is 17.0. The Bertz CT molecular complexity index is 888. The topological polar surface area (TPSA) is 26.9 Å². The third kappa shape index (κ3) is 2.00. The van der Waals surface area contributed by atoms with Crippen LogP contribution in [-0.4, -0.2) is 9.13 Å². The van der Waals surface area contributed by atoms with E-state index in [2.05, 4.69) is 24.3 Å². The second kappa shape index (κ2) is 5.16. The molecule has 1 aliphatic rings. The first-order chi connectivity index (χ1) is 10.8. The predicted octanol–water partition coefficient (Wildman–Crippen LogP) is 3.46. The van der Waals surface area contributed by atoms with Gasteiger partial charge in [-0.3, -0.25) is 9.13 Å². The van der Waals surface area contributed by atoms with E-state index >= 15 is 0 Å². The molecule has 0 radical (unpaired) electrons. The molecule has 0 saturated heterocycles. The SMILES string of the molecule is Cn1c(=O)n(CCC2CCc3ccccc32)c2ccccc21. The molecule has 2 aromatic carbocycles. The maximum absolute atomic E-state index is 12.5. The van der Waals surface area contributed by atoms with E-state index < -0.39 is 0 Å². The highest BCUT2D eigenvalue weighted by atomic mass is 16.1. The number of fused-ring (bicyclic) bond motifs is 2. The molecule has 0 bridgehead atoms. The summed E-state index contributed by atoms with van der Waals surface area (Å²) in [4.78, 5) is 12.5. The number of benzene rings is 2. The Kier molecular flexibility index (Phi) is 3.14. The zero-order valence-electron chi connectivity index (χ0n) is 12.8. The van der Waals surface area contributed by atoms with Crippen LogP contribution in [0.3, 0.4) is 0 Å². The number of imidazole rings is 1. The Hall–Kier alpha value is -2.29. The van der Waals surface area contributed by atoms with Crippen molar-refractivity contribution in [1.82, 2.24) is 9.13 Å². The van der Waals surface area contributed by atoms with Crippen molar-refractivity contribution in [3.63, 3.8) is 0 Å². The first-order valence-corrected chi connectivity index (χ1v) is 7.98. The zero-order valence-corrected chi connectivity index (χ0v) is 12.8. The fraction of sp³-hybridized carbons (Fsp3) is 0.316. The van der Waals surface area contributed by atoms with Crippen LogP contribution in [0, 0.1) is 0 Å². The quantitative estimate of drug-likeness (QED) is 0.726. The van der Waals surface area contributed by atoms with E-state index in [-0.39, 0.29) is 5.69 Å². The van der Waals surface area contributed by atoms with Gasteiger partial charge in [-0.15, -0.1) is 0 Å². The lowest BCUT2D eigenvalue weighted by Gasteiger charge is -2.12. The van der Waals surface area contributed by atoms with E-state index in [9.17, 15) is 4.79 Å². The van der Waals surface area contributed by atoms with Crippen molar-refractivity contribution < 1.29 is 0 Å². The van der Waals surface area contributed by atoms with E-state index in [1.54, 1.807) is 4.57 Å². The summed E-state index contributed by atoms with van der Waals surface area (Å²) < 4.78 is 3.67. The van der Waals surface area contributed by atoms with Crippen molar-refractivity contribution in [2.45, 2.75) is 31.7 Å². The number of para-hydroxylation sites is 2. The van der Waals surface area contributed by atoms with Crippen molar-refractivity contribution in [1.29, 1.82) is 0 Å². The van der Waals surface area contributed by atoms with E-state index in [0.717, 1.165) is 24.0 Å². The second-order valence-corrected chi connectivity index (χ2v) is 6.21. The lowest BCUT2D eigenvalue weighted by Crippen LogP contribution is -2.22. The van der Waals surface area contributed by atoms with Crippen LogP contribution in [0.15, 0.2) is 53.3 Å². The summed E-state index contributed by atoms with van der Waals surface area (Å²) in [6.07, 6.45) is 3.41. The Morgan fingerprint density at radius 2 is 1.77 bits per heavy atom. The maximum Gasteiger partial charge on any atom is 0.328 e. The Balaban J connectivity index is 1.64. The molecule has 1 aliphatic carbocycles. The highest BCUT2D eigenvalue weighted by Gasteiger charge is 2.22. The van der Waals surface area contributed by atoms with Crippen LogP contribution in [0.4, 0.5) is 0 Å². The molecule has 22 heavy (non-hydrogen) atoms. The van der Waals surface area contributed by atoms with Gasteiger partial charge in [0.25, 0.3) is 0 Å². The van der Waals surface area contributed by atoms with Crippen molar-refractivity contribution >= 4 is 11.0 Å². The highest BCUT2D eigenvalue weighted by molar-refractivity contribution is 5.75. The molecule has 0 aliphatic heterocycles. The first-order valence-electron chi connectivity index (χ1n) is 7.98. The fourth-order valence-corrected chi connectivity index (χ4v) is 3.81. The van der Waals surface area contributed by atoms with Crippen LogP contribution < -0.4 is 5.69 Å². The van der Waals surface area contributed by atoms with Gasteiger partial charge in [-0.25, -0.2) is 4.79 Å². The van der Waals surface area contributed by atoms with Gasteiger partial charge in [0, 0.05) is 13.6 Å². The summed E-state index contributed by atoms with van der Waals surface area (Å²) in [5, 5.41) is 0. The fourth-order valence-electron chi connectivity index (χ4n) is 3.81. The molecule has 112 valence electrons. The monoisotopic (exact) mass is 292 g/mol. The molecule has 1 atom stereocenters. The summed E-state index contributed by atoms with van der Waals surface area (Å²) in [5.41, 5.74) is 5.11. The van der Waals surface area contributed by atoms with Crippen molar-refractivity contribution in [3.8, 4) is 0 Å². The average molecular weight is 292 g/mol.